The van der Waals surface area contributed by atoms with Crippen LogP contribution in [0.25, 0.3) is 0 Å². The van der Waals surface area contributed by atoms with Gasteiger partial charge >= 0.3 is 0 Å². The lowest BCUT2D eigenvalue weighted by Crippen LogP contribution is -2.24. The molecule has 1 heterocycles. The number of anilines is 1. The second kappa shape index (κ2) is 6.37. The van der Waals surface area contributed by atoms with Crippen LogP contribution in [0.5, 0.6) is 0 Å². The summed E-state index contributed by atoms with van der Waals surface area (Å²) in [5.41, 5.74) is 0. The highest BCUT2D eigenvalue weighted by Crippen LogP contribution is 2.28. The van der Waals surface area contributed by atoms with E-state index in [0.717, 1.165) is 29.8 Å². The molecule has 0 aliphatic heterocycles. The van der Waals surface area contributed by atoms with Gasteiger partial charge in [-0.15, -0.1) is 0 Å². The lowest BCUT2D eigenvalue weighted by molar-refractivity contribution is 0.401. The van der Waals surface area contributed by atoms with Gasteiger partial charge in [-0.1, -0.05) is 11.6 Å². The molecular formula is C10H16BrClN4. The van der Waals surface area contributed by atoms with Gasteiger partial charge in [0.1, 0.15) is 17.3 Å². The van der Waals surface area contributed by atoms with E-state index in [0.29, 0.717) is 5.15 Å². The van der Waals surface area contributed by atoms with Crippen molar-refractivity contribution in [2.24, 2.45) is 0 Å². The molecule has 0 amide bonds. The first-order valence-electron chi connectivity index (χ1n) is 5.04. The third kappa shape index (κ3) is 3.88. The second-order valence-corrected chi connectivity index (χ2v) is 5.03. The minimum Gasteiger partial charge on any atom is -0.359 e. The van der Waals surface area contributed by atoms with Crippen LogP contribution in [0.3, 0.4) is 0 Å². The average Bonchev–Trinajstić information content (AvgIpc) is 2.21. The molecule has 0 saturated heterocycles. The summed E-state index contributed by atoms with van der Waals surface area (Å²) in [6.45, 7) is 1.99. The molecule has 0 spiro atoms. The molecule has 0 atom stereocenters. The van der Waals surface area contributed by atoms with Gasteiger partial charge in [0.25, 0.3) is 0 Å². The SMILES string of the molecule is CN(C)CCCN(C)c1ncnc(Cl)c1Br. The maximum atomic E-state index is 5.91. The lowest BCUT2D eigenvalue weighted by atomic mass is 10.3. The Kier molecular flexibility index (Phi) is 5.44. The molecule has 4 nitrogen and oxygen atoms in total. The highest BCUT2D eigenvalue weighted by molar-refractivity contribution is 9.10. The smallest absolute Gasteiger partial charge is 0.148 e. The maximum Gasteiger partial charge on any atom is 0.148 e. The van der Waals surface area contributed by atoms with Gasteiger partial charge in [-0.25, -0.2) is 9.97 Å². The molecule has 0 unspecified atom stereocenters. The highest BCUT2D eigenvalue weighted by Gasteiger charge is 2.10. The third-order valence-corrected chi connectivity index (χ3v) is 3.43. The number of rotatable bonds is 5. The van der Waals surface area contributed by atoms with Gasteiger partial charge in [0.05, 0.1) is 4.47 Å². The van der Waals surface area contributed by atoms with Crippen LogP contribution in [-0.4, -0.2) is 49.1 Å². The third-order valence-electron chi connectivity index (χ3n) is 2.19. The molecule has 0 aromatic carbocycles. The molecule has 1 aromatic rings. The molecule has 0 aliphatic rings. The molecule has 0 saturated carbocycles. The Morgan fingerprint density at radius 1 is 1.25 bits per heavy atom. The van der Waals surface area contributed by atoms with Crippen LogP contribution in [0.15, 0.2) is 10.8 Å². The predicted octanol–water partition coefficient (Wildman–Crippen LogP) is 2.28. The van der Waals surface area contributed by atoms with Crippen LogP contribution in [0.2, 0.25) is 5.15 Å². The van der Waals surface area contributed by atoms with Crippen molar-refractivity contribution in [2.75, 3.05) is 39.1 Å². The molecule has 0 radical (unpaired) electrons. The van der Waals surface area contributed by atoms with Crippen molar-refractivity contribution in [3.05, 3.63) is 16.0 Å². The number of halogens is 2. The van der Waals surface area contributed by atoms with Crippen molar-refractivity contribution in [3.63, 3.8) is 0 Å². The first-order valence-corrected chi connectivity index (χ1v) is 6.21. The first kappa shape index (κ1) is 13.7. The fourth-order valence-corrected chi connectivity index (χ4v) is 1.97. The summed E-state index contributed by atoms with van der Waals surface area (Å²) in [7, 11) is 6.13. The van der Waals surface area contributed by atoms with Gasteiger partial charge < -0.3 is 9.80 Å². The summed E-state index contributed by atoms with van der Waals surface area (Å²) in [6.07, 6.45) is 2.56. The van der Waals surface area contributed by atoms with Crippen molar-refractivity contribution in [1.82, 2.24) is 14.9 Å². The molecular weight excluding hydrogens is 291 g/mol. The van der Waals surface area contributed by atoms with Crippen LogP contribution in [0.1, 0.15) is 6.42 Å². The number of hydrogen-bond donors (Lipinski definition) is 0. The summed E-state index contributed by atoms with van der Waals surface area (Å²) >= 11 is 9.30. The quantitative estimate of drug-likeness (QED) is 0.781. The van der Waals surface area contributed by atoms with E-state index >= 15 is 0 Å². The van der Waals surface area contributed by atoms with Gasteiger partial charge in [-0.2, -0.15) is 0 Å². The zero-order valence-electron chi connectivity index (χ0n) is 9.74. The van der Waals surface area contributed by atoms with Gasteiger partial charge in [0, 0.05) is 13.6 Å². The van der Waals surface area contributed by atoms with E-state index in [-0.39, 0.29) is 0 Å². The van der Waals surface area contributed by atoms with Gasteiger partial charge in [-0.05, 0) is 43.0 Å². The maximum absolute atomic E-state index is 5.91. The molecule has 0 fully saturated rings. The van der Waals surface area contributed by atoms with Gasteiger partial charge in [0.15, 0.2) is 0 Å². The standard InChI is InChI=1S/C10H16BrClN4/c1-15(2)5-4-6-16(3)10-8(11)9(12)13-7-14-10/h7H,4-6H2,1-3H3. The molecule has 6 heteroatoms. The van der Waals surface area contributed by atoms with Gasteiger partial charge in [-0.3, -0.25) is 0 Å². The van der Waals surface area contributed by atoms with E-state index in [4.69, 9.17) is 11.6 Å². The van der Waals surface area contributed by atoms with E-state index in [9.17, 15) is 0 Å². The van der Waals surface area contributed by atoms with E-state index in [2.05, 4.69) is 49.8 Å². The zero-order valence-corrected chi connectivity index (χ0v) is 12.1. The summed E-state index contributed by atoms with van der Waals surface area (Å²) in [5.74, 6) is 0.832. The fourth-order valence-electron chi connectivity index (χ4n) is 1.34. The van der Waals surface area contributed by atoms with E-state index in [1.807, 2.05) is 7.05 Å². The minimum absolute atomic E-state index is 0.449. The summed E-state index contributed by atoms with van der Waals surface area (Å²) in [6, 6.07) is 0. The molecule has 0 bridgehead atoms. The Balaban J connectivity index is 2.59. The largest absolute Gasteiger partial charge is 0.359 e. The van der Waals surface area contributed by atoms with Crippen LogP contribution in [0, 0.1) is 0 Å². The predicted molar refractivity (Wildman–Crippen MR) is 71.2 cm³/mol. The Labute approximate surface area is 110 Å². The van der Waals surface area contributed by atoms with E-state index in [1.54, 1.807) is 0 Å². The van der Waals surface area contributed by atoms with Crippen molar-refractivity contribution in [3.8, 4) is 0 Å². The molecule has 90 valence electrons. The minimum atomic E-state index is 0.449. The van der Waals surface area contributed by atoms with E-state index < -0.39 is 0 Å². The van der Waals surface area contributed by atoms with Crippen molar-refractivity contribution in [2.45, 2.75) is 6.42 Å². The van der Waals surface area contributed by atoms with Crippen molar-refractivity contribution < 1.29 is 0 Å². The second-order valence-electron chi connectivity index (χ2n) is 3.88. The lowest BCUT2D eigenvalue weighted by Gasteiger charge is -2.20. The Hall–Kier alpha value is -0.390. The summed E-state index contributed by atoms with van der Waals surface area (Å²) in [4.78, 5) is 12.3. The van der Waals surface area contributed by atoms with E-state index in [1.165, 1.54) is 6.33 Å². The molecule has 16 heavy (non-hydrogen) atoms. The topological polar surface area (TPSA) is 32.3 Å². The summed E-state index contributed by atoms with van der Waals surface area (Å²) in [5, 5.41) is 0.449. The average molecular weight is 308 g/mol. The van der Waals surface area contributed by atoms with Crippen LogP contribution in [-0.2, 0) is 0 Å². The van der Waals surface area contributed by atoms with Crippen LogP contribution >= 0.6 is 27.5 Å². The van der Waals surface area contributed by atoms with Crippen LogP contribution < -0.4 is 4.90 Å². The van der Waals surface area contributed by atoms with Gasteiger partial charge in [0.2, 0.25) is 0 Å². The monoisotopic (exact) mass is 306 g/mol. The van der Waals surface area contributed by atoms with Crippen molar-refractivity contribution in [1.29, 1.82) is 0 Å². The molecule has 0 N–H and O–H groups in total. The number of nitrogens with zero attached hydrogens (tertiary/aromatic N) is 4. The molecule has 0 aliphatic carbocycles. The zero-order chi connectivity index (χ0) is 12.1. The summed E-state index contributed by atoms with van der Waals surface area (Å²) < 4.78 is 0.754. The Morgan fingerprint density at radius 3 is 2.56 bits per heavy atom. The van der Waals surface area contributed by atoms with Crippen LogP contribution in [0.4, 0.5) is 5.82 Å². The number of hydrogen-bond acceptors (Lipinski definition) is 4. The fraction of sp³-hybridized carbons (Fsp3) is 0.600. The number of aromatic nitrogens is 2. The Morgan fingerprint density at radius 2 is 1.94 bits per heavy atom. The van der Waals surface area contributed by atoms with Crippen molar-refractivity contribution >= 4 is 33.3 Å². The molecule has 1 aromatic heterocycles. The normalized spacial score (nSPS) is 10.9. The highest BCUT2D eigenvalue weighted by atomic mass is 79.9. The first-order chi connectivity index (χ1) is 7.52. The molecule has 1 rings (SSSR count). The Bertz CT molecular complexity index is 346.